The molecule has 4 rings (SSSR count). The highest BCUT2D eigenvalue weighted by atomic mass is 79.9. The number of hydrogen-bond donors (Lipinski definition) is 1. The molecular formula is C24H28BrCl4N5O4S. The highest BCUT2D eigenvalue weighted by Crippen LogP contribution is 2.35. The fraction of sp³-hybridized carbons (Fsp3) is 0.375. The van der Waals surface area contributed by atoms with Crippen molar-refractivity contribution in [1.82, 2.24) is 19.6 Å². The topological polar surface area (TPSA) is 96.2 Å². The van der Waals surface area contributed by atoms with Gasteiger partial charge in [0.05, 0.1) is 29.5 Å². The lowest BCUT2D eigenvalue weighted by atomic mass is 10.2. The Morgan fingerprint density at radius 2 is 1.90 bits per heavy atom. The Morgan fingerprint density at radius 3 is 2.59 bits per heavy atom. The lowest BCUT2D eigenvalue weighted by molar-refractivity contribution is -0.125. The van der Waals surface area contributed by atoms with Crippen molar-refractivity contribution in [2.24, 2.45) is 0 Å². The van der Waals surface area contributed by atoms with E-state index in [0.29, 0.717) is 52.3 Å². The molecule has 1 saturated heterocycles. The predicted octanol–water partition coefficient (Wildman–Crippen LogP) is 4.28. The number of rotatable bonds is 8. The first-order chi connectivity index (χ1) is 17.7. The number of fused-ring (bicyclic) bond motifs is 1. The summed E-state index contributed by atoms with van der Waals surface area (Å²) in [6.07, 6.45) is 1.88. The summed E-state index contributed by atoms with van der Waals surface area (Å²) >= 11 is 16.6. The summed E-state index contributed by atoms with van der Waals surface area (Å²) in [6, 6.07) is 6.96. The molecule has 1 aliphatic rings. The fourth-order valence-corrected chi connectivity index (χ4v) is 6.00. The van der Waals surface area contributed by atoms with Gasteiger partial charge in [-0.25, -0.2) is 4.98 Å². The van der Waals surface area contributed by atoms with Crippen molar-refractivity contribution in [3.63, 3.8) is 0 Å². The molecule has 15 heteroatoms. The zero-order chi connectivity index (χ0) is 26.7. The monoisotopic (exact) mass is 701 g/mol. The molecule has 0 aliphatic carbocycles. The van der Waals surface area contributed by atoms with E-state index in [9.17, 15) is 13.8 Å². The molecule has 0 spiro atoms. The lowest BCUT2D eigenvalue weighted by Crippen LogP contribution is -2.46. The number of nitrogens with zero attached hydrogens (tertiary/aromatic N) is 4. The number of carbonyl (C=O) groups is 2. The molecule has 1 aliphatic heterocycles. The number of likely N-dealkylation sites (N-methyl/N-ethyl adjacent to an activating group) is 1. The van der Waals surface area contributed by atoms with Crippen LogP contribution in [0.25, 0.3) is 5.65 Å². The van der Waals surface area contributed by atoms with Crippen LogP contribution in [0.3, 0.4) is 0 Å². The van der Waals surface area contributed by atoms with E-state index in [4.69, 9.17) is 27.9 Å². The Morgan fingerprint density at radius 1 is 1.21 bits per heavy atom. The Bertz CT molecular complexity index is 1370. The van der Waals surface area contributed by atoms with Crippen LogP contribution in [0.1, 0.15) is 11.3 Å². The second-order valence-corrected chi connectivity index (χ2v) is 11.8. The Labute approximate surface area is 259 Å². The summed E-state index contributed by atoms with van der Waals surface area (Å²) in [5.74, 6) is 1.07. The number of pyridine rings is 1. The average molecular weight is 704 g/mol. The number of halogens is 5. The average Bonchev–Trinajstić information content (AvgIpc) is 3.17. The molecule has 214 valence electrons. The summed E-state index contributed by atoms with van der Waals surface area (Å²) in [6.45, 7) is 3.14. The maximum Gasteiger partial charge on any atom is 0.246 e. The molecule has 2 amide bonds. The number of imidazole rings is 1. The quantitative estimate of drug-likeness (QED) is 0.377. The Hall–Kier alpha value is -1.60. The SMILES string of the molecule is Cc1nc2c(OCc3c(Cl)ccc(N(C)C(=O)CNC(=O)CN4CCS(=O)CC4)c3Cl)cccn2c1Br.Cl.Cl. The number of carbonyl (C=O) groups excluding carboxylic acids is 2. The van der Waals surface area contributed by atoms with Crippen molar-refractivity contribution in [2.45, 2.75) is 13.5 Å². The molecule has 3 aromatic rings. The molecule has 0 bridgehead atoms. The smallest absolute Gasteiger partial charge is 0.246 e. The van der Waals surface area contributed by atoms with E-state index in [1.165, 1.54) is 4.90 Å². The minimum Gasteiger partial charge on any atom is -0.485 e. The maximum atomic E-state index is 12.8. The number of anilines is 1. The van der Waals surface area contributed by atoms with Gasteiger partial charge in [0, 0.05) is 59.2 Å². The van der Waals surface area contributed by atoms with Gasteiger partial charge in [0.2, 0.25) is 11.8 Å². The molecule has 0 saturated carbocycles. The van der Waals surface area contributed by atoms with Crippen molar-refractivity contribution in [2.75, 3.05) is 49.6 Å². The summed E-state index contributed by atoms with van der Waals surface area (Å²) in [5.41, 5.74) is 2.45. The molecule has 0 radical (unpaired) electrons. The van der Waals surface area contributed by atoms with E-state index in [1.807, 2.05) is 34.6 Å². The maximum absolute atomic E-state index is 12.8. The van der Waals surface area contributed by atoms with Crippen LogP contribution >= 0.6 is 63.9 Å². The molecule has 0 unspecified atom stereocenters. The van der Waals surface area contributed by atoms with Crippen molar-refractivity contribution >= 4 is 97.9 Å². The molecule has 3 heterocycles. The first-order valence-electron chi connectivity index (χ1n) is 11.5. The Kier molecular flexibility index (Phi) is 12.8. The summed E-state index contributed by atoms with van der Waals surface area (Å²) in [7, 11) is 0.773. The first kappa shape index (κ1) is 33.6. The number of aryl methyl sites for hydroxylation is 1. The van der Waals surface area contributed by atoms with Gasteiger partial charge >= 0.3 is 0 Å². The molecule has 0 atom stereocenters. The molecular weight excluding hydrogens is 676 g/mol. The number of amides is 2. The van der Waals surface area contributed by atoms with E-state index >= 15 is 0 Å². The molecule has 1 aromatic carbocycles. The van der Waals surface area contributed by atoms with E-state index in [-0.39, 0.29) is 61.3 Å². The predicted molar refractivity (Wildman–Crippen MR) is 164 cm³/mol. The van der Waals surface area contributed by atoms with E-state index in [0.717, 1.165) is 10.3 Å². The normalized spacial score (nSPS) is 13.9. The molecule has 1 fully saturated rings. The van der Waals surface area contributed by atoms with E-state index in [1.54, 1.807) is 19.2 Å². The van der Waals surface area contributed by atoms with Gasteiger partial charge in [-0.15, -0.1) is 24.8 Å². The van der Waals surface area contributed by atoms with Crippen LogP contribution < -0.4 is 15.0 Å². The van der Waals surface area contributed by atoms with E-state index in [2.05, 4.69) is 26.2 Å². The number of aromatic nitrogens is 2. The van der Waals surface area contributed by atoms with Gasteiger partial charge in [-0.1, -0.05) is 23.2 Å². The van der Waals surface area contributed by atoms with Gasteiger partial charge in [-0.05, 0) is 47.1 Å². The van der Waals surface area contributed by atoms with Crippen LogP contribution in [0.15, 0.2) is 35.1 Å². The zero-order valence-electron chi connectivity index (χ0n) is 21.1. The first-order valence-corrected chi connectivity index (χ1v) is 14.5. The summed E-state index contributed by atoms with van der Waals surface area (Å²) in [4.78, 5) is 32.9. The minimum atomic E-state index is -0.810. The lowest BCUT2D eigenvalue weighted by Gasteiger charge is -2.25. The zero-order valence-corrected chi connectivity index (χ0v) is 26.7. The standard InChI is InChI=1S/C24H26BrCl2N5O4S.2ClH/c1-15-23(25)32-7-3-4-19(24(32)29-15)36-14-16-17(26)5-6-18(22(16)27)30(2)21(34)12-28-20(33)13-31-8-10-37(35)11-9-31;;/h3-7H,8-14H2,1-2H3,(H,28,33);2*1H. The van der Waals surface area contributed by atoms with Gasteiger partial charge in [0.15, 0.2) is 11.4 Å². The third kappa shape index (κ3) is 8.00. The van der Waals surface area contributed by atoms with E-state index < -0.39 is 10.8 Å². The Balaban J connectivity index is 0.00000267. The fourth-order valence-electron chi connectivity index (χ4n) is 3.89. The van der Waals surface area contributed by atoms with Gasteiger partial charge in [0.1, 0.15) is 11.2 Å². The molecule has 1 N–H and O–H groups in total. The highest BCUT2D eigenvalue weighted by molar-refractivity contribution is 9.10. The number of ether oxygens (including phenoxy) is 1. The largest absolute Gasteiger partial charge is 0.485 e. The van der Waals surface area contributed by atoms with Gasteiger partial charge in [-0.3, -0.25) is 23.1 Å². The summed E-state index contributed by atoms with van der Waals surface area (Å²) in [5, 5.41) is 3.33. The molecule has 2 aromatic heterocycles. The third-order valence-corrected chi connectivity index (χ3v) is 9.07. The number of nitrogens with one attached hydrogen (secondary N) is 1. The van der Waals surface area contributed by atoms with Crippen molar-refractivity contribution in [3.05, 3.63) is 56.4 Å². The van der Waals surface area contributed by atoms with Crippen LogP contribution in [0.4, 0.5) is 5.69 Å². The van der Waals surface area contributed by atoms with Gasteiger partial charge in [-0.2, -0.15) is 0 Å². The van der Waals surface area contributed by atoms with Crippen molar-refractivity contribution in [3.8, 4) is 5.75 Å². The summed E-state index contributed by atoms with van der Waals surface area (Å²) < 4.78 is 20.2. The number of hydrogen-bond acceptors (Lipinski definition) is 6. The van der Waals surface area contributed by atoms with Crippen LogP contribution in [-0.4, -0.2) is 75.0 Å². The van der Waals surface area contributed by atoms with Crippen molar-refractivity contribution in [1.29, 1.82) is 0 Å². The number of benzene rings is 1. The third-order valence-electron chi connectivity index (χ3n) is 6.06. The molecule has 39 heavy (non-hydrogen) atoms. The van der Waals surface area contributed by atoms with Crippen LogP contribution in [-0.2, 0) is 27.0 Å². The van der Waals surface area contributed by atoms with Crippen molar-refractivity contribution < 1.29 is 18.5 Å². The second kappa shape index (κ2) is 14.9. The molecule has 9 nitrogen and oxygen atoms in total. The van der Waals surface area contributed by atoms with Gasteiger partial charge in [0.25, 0.3) is 0 Å². The second-order valence-electron chi connectivity index (χ2n) is 8.56. The highest BCUT2D eigenvalue weighted by Gasteiger charge is 2.21. The van der Waals surface area contributed by atoms with Crippen LogP contribution in [0, 0.1) is 6.92 Å². The van der Waals surface area contributed by atoms with Crippen LogP contribution in [0.2, 0.25) is 10.0 Å². The van der Waals surface area contributed by atoms with Gasteiger partial charge < -0.3 is 15.0 Å². The van der Waals surface area contributed by atoms with Crippen LogP contribution in [0.5, 0.6) is 5.75 Å². The minimum absolute atomic E-state index is 0.